The molecular formula is C21H24ClNO7S. The summed E-state index contributed by atoms with van der Waals surface area (Å²) in [5, 5.41) is 3.52. The number of rotatable bonds is 10. The van der Waals surface area contributed by atoms with Crippen molar-refractivity contribution >= 4 is 44.5 Å². The van der Waals surface area contributed by atoms with Gasteiger partial charge >= 0.3 is 0 Å². The van der Waals surface area contributed by atoms with E-state index in [0.717, 1.165) is 0 Å². The van der Waals surface area contributed by atoms with Gasteiger partial charge in [0.2, 0.25) is 0 Å². The Morgan fingerprint density at radius 1 is 1.29 bits per heavy atom. The molecule has 0 atom stereocenters. The van der Waals surface area contributed by atoms with Crippen LogP contribution in [-0.2, 0) is 24.3 Å². The van der Waals surface area contributed by atoms with E-state index in [1.807, 2.05) is 0 Å². The van der Waals surface area contributed by atoms with Crippen LogP contribution in [0.25, 0.3) is 0 Å². The summed E-state index contributed by atoms with van der Waals surface area (Å²) in [6, 6.07) is 2.41. The third-order valence-corrected chi connectivity index (χ3v) is 6.76. The number of nitrogens with zero attached hydrogens (tertiary/aromatic N) is 1. The van der Waals surface area contributed by atoms with Crippen LogP contribution in [-0.4, -0.2) is 50.4 Å². The molecule has 0 radical (unpaired) electrons. The van der Waals surface area contributed by atoms with Crippen LogP contribution in [0.2, 0.25) is 5.02 Å². The second-order valence-corrected chi connectivity index (χ2v) is 9.57. The first-order chi connectivity index (χ1) is 14.6. The van der Waals surface area contributed by atoms with Crippen LogP contribution in [0.1, 0.15) is 43.5 Å². The zero-order valence-corrected chi connectivity index (χ0v) is 18.9. The van der Waals surface area contributed by atoms with Crippen LogP contribution >= 0.6 is 11.6 Å². The van der Waals surface area contributed by atoms with Gasteiger partial charge in [0.05, 0.1) is 16.5 Å². The Kier molecular flexibility index (Phi) is 8.52. The lowest BCUT2D eigenvalue weighted by molar-refractivity contribution is -0.133. The van der Waals surface area contributed by atoms with Crippen molar-refractivity contribution in [3.05, 3.63) is 35.4 Å². The average Bonchev–Trinajstić information content (AvgIpc) is 2.72. The standard InChI is InChI=1S/C21H24ClNO7S/c1-4-11-30-23-13(3)12-29-21-17(31(27,28)5-2)10-9-14(19(21)22)20(26)18-15(24)7-6-8-16(18)25/h4,9-10,18H,1,5-8,11-12H2,2-3H3/b23-13+. The first kappa shape index (κ1) is 24.7. The second-order valence-electron chi connectivity index (χ2n) is 6.94. The lowest BCUT2D eigenvalue weighted by atomic mass is 9.81. The molecule has 1 aromatic carbocycles. The number of Topliss-reactive ketones (excluding diaryl/α,β-unsaturated/α-hetero) is 3. The van der Waals surface area contributed by atoms with Crippen LogP contribution in [0.4, 0.5) is 0 Å². The fourth-order valence-electron chi connectivity index (χ4n) is 3.02. The molecule has 31 heavy (non-hydrogen) atoms. The first-order valence-corrected chi connectivity index (χ1v) is 11.7. The first-order valence-electron chi connectivity index (χ1n) is 9.68. The molecule has 1 aromatic rings. The lowest BCUT2D eigenvalue weighted by Gasteiger charge is -2.20. The molecule has 1 aliphatic carbocycles. The van der Waals surface area contributed by atoms with E-state index in [9.17, 15) is 22.8 Å². The molecule has 0 aromatic heterocycles. The molecule has 0 bridgehead atoms. The minimum atomic E-state index is -3.75. The highest BCUT2D eigenvalue weighted by molar-refractivity contribution is 7.91. The Morgan fingerprint density at radius 2 is 1.94 bits per heavy atom. The Labute approximate surface area is 186 Å². The molecular weight excluding hydrogens is 446 g/mol. The van der Waals surface area contributed by atoms with E-state index in [-0.39, 0.29) is 53.0 Å². The van der Waals surface area contributed by atoms with Gasteiger partial charge in [0.25, 0.3) is 0 Å². The molecule has 1 aliphatic rings. The number of ether oxygens (including phenoxy) is 1. The van der Waals surface area contributed by atoms with Gasteiger partial charge in [-0.05, 0) is 25.5 Å². The fraction of sp³-hybridized carbons (Fsp3) is 0.429. The maximum absolute atomic E-state index is 13.0. The number of carbonyl (C=O) groups excluding carboxylic acids is 3. The van der Waals surface area contributed by atoms with Crippen molar-refractivity contribution < 1.29 is 32.4 Å². The molecule has 0 spiro atoms. The summed E-state index contributed by atoms with van der Waals surface area (Å²) in [4.78, 5) is 42.1. The van der Waals surface area contributed by atoms with Gasteiger partial charge in [-0.2, -0.15) is 0 Å². The maximum Gasteiger partial charge on any atom is 0.182 e. The van der Waals surface area contributed by atoms with Crippen molar-refractivity contribution in [3.8, 4) is 5.75 Å². The number of halogens is 1. The van der Waals surface area contributed by atoms with E-state index in [4.69, 9.17) is 21.2 Å². The zero-order chi connectivity index (χ0) is 23.2. The highest BCUT2D eigenvalue weighted by Gasteiger charge is 2.38. The van der Waals surface area contributed by atoms with E-state index in [0.29, 0.717) is 12.1 Å². The Bertz CT molecular complexity index is 1010. The fourth-order valence-corrected chi connectivity index (χ4v) is 4.42. The van der Waals surface area contributed by atoms with Crippen molar-refractivity contribution in [1.82, 2.24) is 0 Å². The number of carbonyl (C=O) groups is 3. The van der Waals surface area contributed by atoms with Crippen LogP contribution in [0.5, 0.6) is 5.75 Å². The average molecular weight is 470 g/mol. The van der Waals surface area contributed by atoms with Gasteiger partial charge in [-0.25, -0.2) is 8.42 Å². The van der Waals surface area contributed by atoms with Gasteiger partial charge in [-0.1, -0.05) is 36.3 Å². The third-order valence-electron chi connectivity index (χ3n) is 4.63. The molecule has 2 rings (SSSR count). The molecule has 0 aliphatic heterocycles. The summed E-state index contributed by atoms with van der Waals surface area (Å²) in [6.07, 6.45) is 2.17. The molecule has 10 heteroatoms. The van der Waals surface area contributed by atoms with Gasteiger partial charge in [0.1, 0.15) is 24.0 Å². The summed E-state index contributed by atoms with van der Waals surface area (Å²) < 4.78 is 30.6. The van der Waals surface area contributed by atoms with Crippen molar-refractivity contribution in [2.45, 2.75) is 38.0 Å². The van der Waals surface area contributed by atoms with Crippen molar-refractivity contribution in [1.29, 1.82) is 0 Å². The summed E-state index contributed by atoms with van der Waals surface area (Å²) in [5.41, 5.74) is 0.241. The predicted octanol–water partition coefficient (Wildman–Crippen LogP) is 3.21. The van der Waals surface area contributed by atoms with Gasteiger partial charge < -0.3 is 9.57 Å². The van der Waals surface area contributed by atoms with Gasteiger partial charge in [-0.3, -0.25) is 14.4 Å². The minimum absolute atomic E-state index is 0.131. The van der Waals surface area contributed by atoms with Crippen LogP contribution < -0.4 is 4.74 Å². The second kappa shape index (κ2) is 10.7. The van der Waals surface area contributed by atoms with Crippen LogP contribution in [0.15, 0.2) is 34.8 Å². The Morgan fingerprint density at radius 3 is 2.52 bits per heavy atom. The van der Waals surface area contributed by atoms with Gasteiger partial charge in [0.15, 0.2) is 32.9 Å². The molecule has 1 fully saturated rings. The van der Waals surface area contributed by atoms with E-state index < -0.39 is 33.1 Å². The zero-order valence-electron chi connectivity index (χ0n) is 17.4. The predicted molar refractivity (Wildman–Crippen MR) is 116 cm³/mol. The minimum Gasteiger partial charge on any atom is -0.485 e. The quantitative estimate of drug-likeness (QED) is 0.129. The molecule has 0 saturated heterocycles. The molecule has 0 heterocycles. The highest BCUT2D eigenvalue weighted by atomic mass is 35.5. The topological polar surface area (TPSA) is 116 Å². The summed E-state index contributed by atoms with van der Waals surface area (Å²) >= 11 is 6.38. The Hall–Kier alpha value is -2.52. The smallest absolute Gasteiger partial charge is 0.182 e. The monoisotopic (exact) mass is 469 g/mol. The normalized spacial score (nSPS) is 15.6. The van der Waals surface area contributed by atoms with Crippen molar-refractivity contribution in [3.63, 3.8) is 0 Å². The van der Waals surface area contributed by atoms with E-state index in [1.165, 1.54) is 25.1 Å². The summed E-state index contributed by atoms with van der Waals surface area (Å²) in [6.45, 7) is 6.57. The van der Waals surface area contributed by atoms with Gasteiger partial charge in [-0.15, -0.1) is 0 Å². The lowest BCUT2D eigenvalue weighted by Crippen LogP contribution is -2.35. The molecule has 1 saturated carbocycles. The number of hydrogen-bond acceptors (Lipinski definition) is 8. The SMILES string of the molecule is C=CCO/N=C(\C)COc1c(S(=O)(=O)CC)ccc(C(=O)C2C(=O)CCCC2=O)c1Cl. The number of sulfone groups is 1. The van der Waals surface area contributed by atoms with E-state index in [1.54, 1.807) is 6.92 Å². The van der Waals surface area contributed by atoms with E-state index >= 15 is 0 Å². The maximum atomic E-state index is 13.0. The number of ketones is 3. The summed E-state index contributed by atoms with van der Waals surface area (Å²) in [5.74, 6) is -3.57. The molecule has 168 valence electrons. The summed E-state index contributed by atoms with van der Waals surface area (Å²) in [7, 11) is -3.75. The molecule has 8 nitrogen and oxygen atoms in total. The van der Waals surface area contributed by atoms with Gasteiger partial charge in [0, 0.05) is 18.4 Å². The Balaban J connectivity index is 2.46. The van der Waals surface area contributed by atoms with Crippen LogP contribution in [0, 0.1) is 5.92 Å². The van der Waals surface area contributed by atoms with E-state index in [2.05, 4.69) is 11.7 Å². The third kappa shape index (κ3) is 5.80. The number of hydrogen-bond donors (Lipinski definition) is 0. The molecule has 0 amide bonds. The molecule has 0 N–H and O–H groups in total. The number of oxime groups is 1. The van der Waals surface area contributed by atoms with Crippen molar-refractivity contribution in [2.24, 2.45) is 11.1 Å². The largest absolute Gasteiger partial charge is 0.485 e. The van der Waals surface area contributed by atoms with Crippen molar-refractivity contribution in [2.75, 3.05) is 19.0 Å². The number of benzene rings is 1. The van der Waals surface area contributed by atoms with Crippen LogP contribution in [0.3, 0.4) is 0 Å². The molecule has 0 unspecified atom stereocenters. The highest BCUT2D eigenvalue weighted by Crippen LogP contribution is 2.37.